The van der Waals surface area contributed by atoms with Crippen molar-refractivity contribution >= 4 is 0 Å². The van der Waals surface area contributed by atoms with Gasteiger partial charge in [0, 0.05) is 0 Å². The van der Waals surface area contributed by atoms with Crippen LogP contribution in [0, 0.1) is 5.92 Å². The van der Waals surface area contributed by atoms with Crippen molar-refractivity contribution < 1.29 is 4.74 Å². The van der Waals surface area contributed by atoms with Crippen molar-refractivity contribution in [1.29, 1.82) is 0 Å². The molecule has 0 spiro atoms. The van der Waals surface area contributed by atoms with Gasteiger partial charge in [-0.3, -0.25) is 0 Å². The summed E-state index contributed by atoms with van der Waals surface area (Å²) in [5.74, 6) is 1.71. The summed E-state index contributed by atoms with van der Waals surface area (Å²) < 4.78 is 5.20. The third-order valence-electron chi connectivity index (χ3n) is 2.86. The molecule has 0 N–H and O–H groups in total. The second-order valence-electron chi connectivity index (χ2n) is 4.06. The van der Waals surface area contributed by atoms with E-state index in [0.29, 0.717) is 0 Å². The van der Waals surface area contributed by atoms with E-state index in [2.05, 4.69) is 12.2 Å². The summed E-state index contributed by atoms with van der Waals surface area (Å²) in [6.07, 6.45) is 17.4. The van der Waals surface area contributed by atoms with Crippen LogP contribution in [0.15, 0.2) is 36.1 Å². The fourth-order valence-corrected chi connectivity index (χ4v) is 1.99. The van der Waals surface area contributed by atoms with Gasteiger partial charge >= 0.3 is 0 Å². The molecule has 84 valence electrons. The number of rotatable bonds is 4. The van der Waals surface area contributed by atoms with Gasteiger partial charge in [-0.05, 0) is 37.8 Å². The zero-order chi connectivity index (χ0) is 10.9. The number of allylic oxidation sites excluding steroid dienone is 5. The maximum Gasteiger partial charge on any atom is 0.118 e. The predicted molar refractivity (Wildman–Crippen MR) is 65.6 cm³/mol. The van der Waals surface area contributed by atoms with Gasteiger partial charge < -0.3 is 4.74 Å². The third kappa shape index (κ3) is 4.87. The molecule has 1 heteroatoms. The molecule has 1 fully saturated rings. The van der Waals surface area contributed by atoms with Gasteiger partial charge in [-0.25, -0.2) is 0 Å². The molecule has 0 saturated heterocycles. The van der Waals surface area contributed by atoms with Gasteiger partial charge in [-0.15, -0.1) is 0 Å². The van der Waals surface area contributed by atoms with E-state index in [1.54, 1.807) is 7.11 Å². The standard InChI is InChI=1S/C14H22O/c1-3-8-14(15-2)12-7-11-13-9-5-4-6-10-13/h3,7-8,11-13H,4-6,9-10H2,1-2H3/b8-3-,11-7+,14-12+. The molecule has 1 nitrogen and oxygen atoms in total. The highest BCUT2D eigenvalue weighted by atomic mass is 16.5. The lowest BCUT2D eigenvalue weighted by Gasteiger charge is -2.17. The van der Waals surface area contributed by atoms with Crippen molar-refractivity contribution in [1.82, 2.24) is 0 Å². The van der Waals surface area contributed by atoms with Crippen molar-refractivity contribution in [3.8, 4) is 0 Å². The minimum absolute atomic E-state index is 0.790. The average Bonchev–Trinajstić information content (AvgIpc) is 2.29. The van der Waals surface area contributed by atoms with Crippen molar-refractivity contribution in [2.24, 2.45) is 5.92 Å². The predicted octanol–water partition coefficient (Wildman–Crippen LogP) is 4.23. The Morgan fingerprint density at radius 3 is 2.53 bits per heavy atom. The van der Waals surface area contributed by atoms with E-state index < -0.39 is 0 Å². The molecule has 0 aromatic heterocycles. The minimum Gasteiger partial charge on any atom is -0.497 e. The maximum absolute atomic E-state index is 5.20. The Morgan fingerprint density at radius 2 is 1.93 bits per heavy atom. The summed E-state index contributed by atoms with van der Waals surface area (Å²) in [6.45, 7) is 2.00. The summed E-state index contributed by atoms with van der Waals surface area (Å²) in [5, 5.41) is 0. The first-order valence-corrected chi connectivity index (χ1v) is 5.92. The monoisotopic (exact) mass is 206 g/mol. The molecule has 0 aromatic rings. The quantitative estimate of drug-likeness (QED) is 0.494. The molecule has 0 unspecified atom stereocenters. The second-order valence-corrected chi connectivity index (χ2v) is 4.06. The largest absolute Gasteiger partial charge is 0.497 e. The Bertz CT molecular complexity index is 242. The first kappa shape index (κ1) is 12.1. The fourth-order valence-electron chi connectivity index (χ4n) is 1.99. The van der Waals surface area contributed by atoms with Crippen molar-refractivity contribution in [2.45, 2.75) is 39.0 Å². The van der Waals surface area contributed by atoms with Gasteiger partial charge in [0.2, 0.25) is 0 Å². The van der Waals surface area contributed by atoms with E-state index in [0.717, 1.165) is 11.7 Å². The van der Waals surface area contributed by atoms with Crippen LogP contribution in [0.1, 0.15) is 39.0 Å². The molecule has 1 rings (SSSR count). The molecule has 1 aliphatic rings. The van der Waals surface area contributed by atoms with E-state index in [1.807, 2.05) is 25.2 Å². The highest BCUT2D eigenvalue weighted by Gasteiger charge is 2.08. The Hall–Kier alpha value is -0.980. The van der Waals surface area contributed by atoms with Crippen LogP contribution in [0.3, 0.4) is 0 Å². The van der Waals surface area contributed by atoms with Crippen LogP contribution in [-0.2, 0) is 4.74 Å². The van der Waals surface area contributed by atoms with Gasteiger partial charge in [0.1, 0.15) is 5.76 Å². The molecule has 0 amide bonds. The van der Waals surface area contributed by atoms with Gasteiger partial charge in [0.15, 0.2) is 0 Å². The van der Waals surface area contributed by atoms with E-state index in [-0.39, 0.29) is 0 Å². The lowest BCUT2D eigenvalue weighted by Crippen LogP contribution is -2.02. The summed E-state index contributed by atoms with van der Waals surface area (Å²) >= 11 is 0. The maximum atomic E-state index is 5.20. The van der Waals surface area contributed by atoms with E-state index in [9.17, 15) is 0 Å². The molecule has 0 aromatic carbocycles. The van der Waals surface area contributed by atoms with Gasteiger partial charge in [-0.1, -0.05) is 37.5 Å². The lowest BCUT2D eigenvalue weighted by atomic mass is 9.89. The van der Waals surface area contributed by atoms with Crippen LogP contribution in [0.25, 0.3) is 0 Å². The number of hydrogen-bond donors (Lipinski definition) is 0. The highest BCUT2D eigenvalue weighted by Crippen LogP contribution is 2.24. The molecule has 15 heavy (non-hydrogen) atoms. The summed E-state index contributed by atoms with van der Waals surface area (Å²) in [5.41, 5.74) is 0. The average molecular weight is 206 g/mol. The van der Waals surface area contributed by atoms with Crippen LogP contribution in [0.4, 0.5) is 0 Å². The number of ether oxygens (including phenoxy) is 1. The molecule has 0 radical (unpaired) electrons. The Kier molecular flexibility index (Phi) is 5.91. The van der Waals surface area contributed by atoms with E-state index >= 15 is 0 Å². The summed E-state index contributed by atoms with van der Waals surface area (Å²) in [7, 11) is 1.71. The smallest absolute Gasteiger partial charge is 0.118 e. The first-order valence-electron chi connectivity index (χ1n) is 5.92. The third-order valence-corrected chi connectivity index (χ3v) is 2.86. The Balaban J connectivity index is 2.41. The molecule has 1 aliphatic carbocycles. The van der Waals surface area contributed by atoms with Crippen molar-refractivity contribution in [2.75, 3.05) is 7.11 Å². The number of methoxy groups -OCH3 is 1. The van der Waals surface area contributed by atoms with Gasteiger partial charge in [0.05, 0.1) is 7.11 Å². The van der Waals surface area contributed by atoms with Crippen molar-refractivity contribution in [3.63, 3.8) is 0 Å². The molecule has 0 heterocycles. The Morgan fingerprint density at radius 1 is 1.20 bits per heavy atom. The zero-order valence-electron chi connectivity index (χ0n) is 9.91. The van der Waals surface area contributed by atoms with E-state index in [1.165, 1.54) is 32.1 Å². The molecular formula is C14H22O. The second kappa shape index (κ2) is 7.33. The van der Waals surface area contributed by atoms with Crippen LogP contribution >= 0.6 is 0 Å². The first-order chi connectivity index (χ1) is 7.36. The SMILES string of the molecule is C\C=C/C(=C\C=C\C1CCCCC1)OC. The summed E-state index contributed by atoms with van der Waals surface area (Å²) in [6, 6.07) is 0. The van der Waals surface area contributed by atoms with Crippen LogP contribution < -0.4 is 0 Å². The van der Waals surface area contributed by atoms with Crippen molar-refractivity contribution in [3.05, 3.63) is 36.1 Å². The summed E-state index contributed by atoms with van der Waals surface area (Å²) in [4.78, 5) is 0. The van der Waals surface area contributed by atoms with Gasteiger partial charge in [0.25, 0.3) is 0 Å². The van der Waals surface area contributed by atoms with Crippen LogP contribution in [-0.4, -0.2) is 7.11 Å². The number of hydrogen-bond acceptors (Lipinski definition) is 1. The zero-order valence-corrected chi connectivity index (χ0v) is 9.91. The van der Waals surface area contributed by atoms with Gasteiger partial charge in [-0.2, -0.15) is 0 Å². The van der Waals surface area contributed by atoms with Crippen LogP contribution in [0.2, 0.25) is 0 Å². The molecule has 0 atom stereocenters. The minimum atomic E-state index is 0.790. The molecule has 0 aliphatic heterocycles. The molecule has 0 bridgehead atoms. The fraction of sp³-hybridized carbons (Fsp3) is 0.571. The topological polar surface area (TPSA) is 9.23 Å². The molecule has 1 saturated carbocycles. The molecular weight excluding hydrogens is 184 g/mol. The highest BCUT2D eigenvalue weighted by molar-refractivity contribution is 5.18. The Labute approximate surface area is 93.5 Å². The normalized spacial score (nSPS) is 20.3. The lowest BCUT2D eigenvalue weighted by molar-refractivity contribution is 0.307. The van der Waals surface area contributed by atoms with Crippen LogP contribution in [0.5, 0.6) is 0 Å². The van der Waals surface area contributed by atoms with E-state index in [4.69, 9.17) is 4.74 Å².